The summed E-state index contributed by atoms with van der Waals surface area (Å²) in [4.78, 5) is 20.3. The monoisotopic (exact) mass is 323 g/mol. The van der Waals surface area contributed by atoms with E-state index >= 15 is 0 Å². The SMILES string of the molecule is CC(O)CC1CCCN1C(=O)c1cc(F)cc2[nH]c(=S)[nH]c12. The van der Waals surface area contributed by atoms with Crippen LogP contribution >= 0.6 is 12.2 Å². The molecule has 1 amide bonds. The number of halogens is 1. The van der Waals surface area contributed by atoms with Crippen molar-refractivity contribution in [3.63, 3.8) is 0 Å². The molecule has 3 rings (SSSR count). The van der Waals surface area contributed by atoms with Gasteiger partial charge in [0, 0.05) is 12.6 Å². The largest absolute Gasteiger partial charge is 0.393 e. The van der Waals surface area contributed by atoms with Crippen LogP contribution in [0.4, 0.5) is 4.39 Å². The fourth-order valence-corrected chi connectivity index (χ4v) is 3.38. The topological polar surface area (TPSA) is 72.1 Å². The number of nitrogens with zero attached hydrogens (tertiary/aromatic N) is 1. The zero-order valence-electron chi connectivity index (χ0n) is 12.2. The lowest BCUT2D eigenvalue weighted by Crippen LogP contribution is -2.37. The Morgan fingerprint density at radius 1 is 1.55 bits per heavy atom. The number of carbonyl (C=O) groups excluding carboxylic acids is 1. The van der Waals surface area contributed by atoms with E-state index in [1.54, 1.807) is 11.8 Å². The molecule has 3 N–H and O–H groups in total. The van der Waals surface area contributed by atoms with Crippen LogP contribution in [0.1, 0.15) is 36.5 Å². The number of likely N-dealkylation sites (tertiary alicyclic amines) is 1. The van der Waals surface area contributed by atoms with Gasteiger partial charge in [-0.2, -0.15) is 0 Å². The molecular weight excluding hydrogens is 305 g/mol. The molecule has 2 heterocycles. The highest BCUT2D eigenvalue weighted by Crippen LogP contribution is 2.26. The Balaban J connectivity index is 1.99. The van der Waals surface area contributed by atoms with Crippen molar-refractivity contribution >= 4 is 29.2 Å². The number of amides is 1. The maximum atomic E-state index is 13.8. The molecule has 0 aliphatic carbocycles. The van der Waals surface area contributed by atoms with Gasteiger partial charge in [0.1, 0.15) is 5.82 Å². The van der Waals surface area contributed by atoms with E-state index < -0.39 is 11.9 Å². The highest BCUT2D eigenvalue weighted by atomic mass is 32.1. The Bertz CT molecular complexity index is 768. The number of aromatic nitrogens is 2. The maximum Gasteiger partial charge on any atom is 0.256 e. The zero-order chi connectivity index (χ0) is 15.9. The second kappa shape index (κ2) is 5.81. The van der Waals surface area contributed by atoms with Gasteiger partial charge in [0.05, 0.1) is 22.7 Å². The van der Waals surface area contributed by atoms with Crippen LogP contribution in [0.15, 0.2) is 12.1 Å². The van der Waals surface area contributed by atoms with Crippen LogP contribution in [0.2, 0.25) is 0 Å². The van der Waals surface area contributed by atoms with E-state index in [1.807, 2.05) is 0 Å². The zero-order valence-corrected chi connectivity index (χ0v) is 13.0. The number of carbonyl (C=O) groups is 1. The van der Waals surface area contributed by atoms with E-state index in [0.717, 1.165) is 12.8 Å². The van der Waals surface area contributed by atoms with Crippen molar-refractivity contribution < 1.29 is 14.3 Å². The molecule has 2 unspecified atom stereocenters. The summed E-state index contributed by atoms with van der Waals surface area (Å²) in [7, 11) is 0. The summed E-state index contributed by atoms with van der Waals surface area (Å²) in [5, 5.41) is 9.58. The summed E-state index contributed by atoms with van der Waals surface area (Å²) in [5.41, 5.74) is 1.29. The maximum absolute atomic E-state index is 13.8. The van der Waals surface area contributed by atoms with Crippen molar-refractivity contribution in [2.24, 2.45) is 0 Å². The number of hydrogen-bond donors (Lipinski definition) is 3. The molecule has 2 aromatic rings. The Morgan fingerprint density at radius 3 is 3.05 bits per heavy atom. The Kier molecular flexibility index (Phi) is 4.01. The fourth-order valence-electron chi connectivity index (χ4n) is 3.17. The lowest BCUT2D eigenvalue weighted by molar-refractivity contribution is 0.0683. The summed E-state index contributed by atoms with van der Waals surface area (Å²) in [6, 6.07) is 2.55. The standard InChI is InChI=1S/C15H18FN3O2S/c1-8(20)5-10-3-2-4-19(10)14(21)11-6-9(16)7-12-13(11)18-15(22)17-12/h6-8,10,20H,2-5H2,1H3,(H2,17,18,22). The summed E-state index contributed by atoms with van der Waals surface area (Å²) in [5.74, 6) is -0.703. The number of fused-ring (bicyclic) bond motifs is 1. The first-order valence-corrected chi connectivity index (χ1v) is 7.77. The molecule has 1 saturated heterocycles. The van der Waals surface area contributed by atoms with Gasteiger partial charge in [0.15, 0.2) is 4.77 Å². The van der Waals surface area contributed by atoms with Crippen LogP contribution in [0.3, 0.4) is 0 Å². The van der Waals surface area contributed by atoms with E-state index in [2.05, 4.69) is 9.97 Å². The number of H-pyrrole nitrogens is 2. The molecule has 1 aliphatic heterocycles. The Hall–Kier alpha value is -1.73. The minimum Gasteiger partial charge on any atom is -0.393 e. The number of aliphatic hydroxyl groups excluding tert-OH is 1. The first-order valence-electron chi connectivity index (χ1n) is 7.36. The third-order valence-corrected chi connectivity index (χ3v) is 4.28. The van der Waals surface area contributed by atoms with Gasteiger partial charge in [0.25, 0.3) is 5.91 Å². The van der Waals surface area contributed by atoms with Crippen molar-refractivity contribution in [1.82, 2.24) is 14.9 Å². The molecule has 7 heteroatoms. The van der Waals surface area contributed by atoms with Gasteiger partial charge in [-0.05, 0) is 50.5 Å². The molecule has 5 nitrogen and oxygen atoms in total. The van der Waals surface area contributed by atoms with Crippen LogP contribution in [-0.2, 0) is 0 Å². The Morgan fingerprint density at radius 2 is 2.32 bits per heavy atom. The van der Waals surface area contributed by atoms with Crippen molar-refractivity contribution in [2.45, 2.75) is 38.3 Å². The minimum absolute atomic E-state index is 0.00673. The second-order valence-electron chi connectivity index (χ2n) is 5.83. The minimum atomic E-state index is -0.479. The van der Waals surface area contributed by atoms with E-state index in [9.17, 15) is 14.3 Å². The predicted octanol–water partition coefficient (Wildman–Crippen LogP) is 2.74. The average Bonchev–Trinajstić information content (AvgIpc) is 3.01. The lowest BCUT2D eigenvalue weighted by Gasteiger charge is -2.26. The number of rotatable bonds is 3. The third kappa shape index (κ3) is 2.78. The molecule has 1 aromatic heterocycles. The number of aromatic amines is 2. The van der Waals surface area contributed by atoms with Gasteiger partial charge < -0.3 is 20.0 Å². The number of hydrogen-bond acceptors (Lipinski definition) is 3. The summed E-state index contributed by atoms with van der Waals surface area (Å²) in [6.07, 6.45) is 1.82. The van der Waals surface area contributed by atoms with E-state index in [4.69, 9.17) is 12.2 Å². The van der Waals surface area contributed by atoms with Gasteiger partial charge in [-0.25, -0.2) is 4.39 Å². The Labute approximate surface area is 132 Å². The normalized spacial score (nSPS) is 19.8. The molecule has 0 radical (unpaired) electrons. The fraction of sp³-hybridized carbons (Fsp3) is 0.467. The molecule has 1 aliphatic rings. The van der Waals surface area contributed by atoms with E-state index in [0.29, 0.717) is 28.8 Å². The first-order chi connectivity index (χ1) is 10.5. The molecule has 118 valence electrons. The van der Waals surface area contributed by atoms with Crippen molar-refractivity contribution in [2.75, 3.05) is 6.54 Å². The summed E-state index contributed by atoms with van der Waals surface area (Å²) >= 11 is 5.03. The molecule has 1 fully saturated rings. The van der Waals surface area contributed by atoms with Gasteiger partial charge >= 0.3 is 0 Å². The van der Waals surface area contributed by atoms with Crippen molar-refractivity contribution in [1.29, 1.82) is 0 Å². The summed E-state index contributed by atoms with van der Waals surface area (Å²) in [6.45, 7) is 2.34. The lowest BCUT2D eigenvalue weighted by atomic mass is 10.1. The van der Waals surface area contributed by atoms with Crippen LogP contribution in [0.5, 0.6) is 0 Å². The molecule has 0 bridgehead atoms. The quantitative estimate of drug-likeness (QED) is 0.761. The molecule has 0 saturated carbocycles. The smallest absolute Gasteiger partial charge is 0.256 e. The molecule has 2 atom stereocenters. The van der Waals surface area contributed by atoms with Crippen molar-refractivity contribution in [3.8, 4) is 0 Å². The van der Waals surface area contributed by atoms with Crippen LogP contribution in [0.25, 0.3) is 11.0 Å². The van der Waals surface area contributed by atoms with Gasteiger partial charge in [0.2, 0.25) is 0 Å². The average molecular weight is 323 g/mol. The highest BCUT2D eigenvalue weighted by molar-refractivity contribution is 7.71. The predicted molar refractivity (Wildman–Crippen MR) is 83.8 cm³/mol. The number of benzene rings is 1. The summed E-state index contributed by atoms with van der Waals surface area (Å²) < 4.78 is 14.1. The highest BCUT2D eigenvalue weighted by Gasteiger charge is 2.31. The molecule has 0 spiro atoms. The number of imidazole rings is 1. The van der Waals surface area contributed by atoms with Gasteiger partial charge in [-0.3, -0.25) is 4.79 Å². The molecular formula is C15H18FN3O2S. The van der Waals surface area contributed by atoms with Crippen molar-refractivity contribution in [3.05, 3.63) is 28.3 Å². The number of nitrogens with one attached hydrogen (secondary N) is 2. The number of aliphatic hydroxyl groups is 1. The molecule has 1 aromatic carbocycles. The van der Waals surface area contributed by atoms with Crippen LogP contribution in [-0.4, -0.2) is 44.6 Å². The van der Waals surface area contributed by atoms with E-state index in [1.165, 1.54) is 12.1 Å². The first kappa shape index (κ1) is 15.2. The van der Waals surface area contributed by atoms with Crippen LogP contribution < -0.4 is 0 Å². The van der Waals surface area contributed by atoms with E-state index in [-0.39, 0.29) is 17.5 Å². The van der Waals surface area contributed by atoms with Gasteiger partial charge in [-0.15, -0.1) is 0 Å². The second-order valence-corrected chi connectivity index (χ2v) is 6.24. The molecule has 22 heavy (non-hydrogen) atoms. The van der Waals surface area contributed by atoms with Gasteiger partial charge in [-0.1, -0.05) is 0 Å². The van der Waals surface area contributed by atoms with Crippen LogP contribution in [0, 0.1) is 10.6 Å². The third-order valence-electron chi connectivity index (χ3n) is 4.07.